The lowest BCUT2D eigenvalue weighted by Gasteiger charge is -2.19. The summed E-state index contributed by atoms with van der Waals surface area (Å²) in [4.78, 5) is 27.5. The fourth-order valence-electron chi connectivity index (χ4n) is 4.97. The molecule has 2 aromatic rings. The molecule has 0 radical (unpaired) electrons. The maximum atomic E-state index is 12.8. The van der Waals surface area contributed by atoms with Crippen molar-refractivity contribution in [3.05, 3.63) is 65.2 Å². The number of carbonyl (C=O) groups excluding carboxylic acids is 1. The zero-order valence-corrected chi connectivity index (χ0v) is 21.3. The average molecular weight is 535 g/mol. The van der Waals surface area contributed by atoms with Crippen molar-refractivity contribution in [1.82, 2.24) is 9.80 Å². The fourth-order valence-corrected chi connectivity index (χ4v) is 4.97. The molecule has 0 bridgehead atoms. The summed E-state index contributed by atoms with van der Waals surface area (Å²) in [5.74, 6) is -0.314. The average Bonchev–Trinajstić information content (AvgIpc) is 3.48. The first kappa shape index (κ1) is 27.8. The lowest BCUT2D eigenvalue weighted by atomic mass is 10.1. The summed E-state index contributed by atoms with van der Waals surface area (Å²) in [5, 5.41) is 9.53. The largest absolute Gasteiger partial charge is 0.494 e. The minimum Gasteiger partial charge on any atom is -0.494 e. The van der Waals surface area contributed by atoms with E-state index in [1.165, 1.54) is 12.1 Å². The van der Waals surface area contributed by atoms with Crippen molar-refractivity contribution in [2.45, 2.75) is 69.5 Å². The maximum absolute atomic E-state index is 12.8. The first-order valence-electron chi connectivity index (χ1n) is 12.9. The topological polar surface area (TPSA) is 79.3 Å². The van der Waals surface area contributed by atoms with Gasteiger partial charge in [-0.1, -0.05) is 37.1 Å². The molecule has 38 heavy (non-hydrogen) atoms. The van der Waals surface area contributed by atoms with Crippen molar-refractivity contribution in [2.75, 3.05) is 20.2 Å². The van der Waals surface area contributed by atoms with Gasteiger partial charge in [-0.2, -0.15) is 13.2 Å². The van der Waals surface area contributed by atoms with E-state index < -0.39 is 23.8 Å². The lowest BCUT2D eigenvalue weighted by molar-refractivity contribution is -0.154. The van der Waals surface area contributed by atoms with E-state index in [1.807, 2.05) is 12.1 Å². The third kappa shape index (κ3) is 7.18. The number of hydrogen-bond donors (Lipinski definition) is 1. The van der Waals surface area contributed by atoms with Crippen LogP contribution in [0.25, 0.3) is 0 Å². The summed E-state index contributed by atoms with van der Waals surface area (Å²) >= 11 is 0. The molecule has 2 aromatic carbocycles. The van der Waals surface area contributed by atoms with E-state index in [-0.39, 0.29) is 31.1 Å². The van der Waals surface area contributed by atoms with Crippen molar-refractivity contribution in [3.63, 3.8) is 0 Å². The number of halogens is 3. The molecule has 2 atom stereocenters. The number of carboxylic acid groups (broad SMARTS) is 1. The number of aliphatic carboxylic acids is 1. The van der Waals surface area contributed by atoms with E-state index in [4.69, 9.17) is 9.47 Å². The zero-order chi connectivity index (χ0) is 27.3. The molecule has 1 aliphatic heterocycles. The second kappa shape index (κ2) is 12.1. The van der Waals surface area contributed by atoms with Gasteiger partial charge < -0.3 is 24.4 Å². The van der Waals surface area contributed by atoms with Crippen LogP contribution >= 0.6 is 0 Å². The Hall–Kier alpha value is -3.27. The van der Waals surface area contributed by atoms with Crippen molar-refractivity contribution < 1.29 is 37.3 Å². The number of amides is 2. The highest BCUT2D eigenvalue weighted by Gasteiger charge is 2.35. The van der Waals surface area contributed by atoms with Gasteiger partial charge in [0.1, 0.15) is 5.75 Å². The van der Waals surface area contributed by atoms with Gasteiger partial charge in [0.15, 0.2) is 6.10 Å². The number of alkyl halides is 3. The number of rotatable bonds is 11. The number of benzene rings is 2. The second-order valence-electron chi connectivity index (χ2n) is 9.98. The highest BCUT2D eigenvalue weighted by atomic mass is 19.4. The van der Waals surface area contributed by atoms with Crippen LogP contribution in [-0.2, 0) is 28.7 Å². The third-order valence-corrected chi connectivity index (χ3v) is 7.20. The van der Waals surface area contributed by atoms with Crippen molar-refractivity contribution in [2.24, 2.45) is 0 Å². The van der Waals surface area contributed by atoms with Crippen LogP contribution in [0, 0.1) is 0 Å². The van der Waals surface area contributed by atoms with Gasteiger partial charge in [-0.15, -0.1) is 0 Å². The van der Waals surface area contributed by atoms with Gasteiger partial charge in [0.25, 0.3) is 0 Å². The first-order chi connectivity index (χ1) is 18.1. The second-order valence-corrected chi connectivity index (χ2v) is 9.98. The van der Waals surface area contributed by atoms with E-state index in [1.54, 1.807) is 29.0 Å². The van der Waals surface area contributed by atoms with Gasteiger partial charge in [-0.05, 0) is 48.2 Å². The van der Waals surface area contributed by atoms with Gasteiger partial charge >= 0.3 is 18.2 Å². The fraction of sp³-hybridized carbons (Fsp3) is 0.500. The minimum absolute atomic E-state index is 0.0187. The lowest BCUT2D eigenvalue weighted by Crippen LogP contribution is -2.31. The molecule has 10 heteroatoms. The smallest absolute Gasteiger partial charge is 0.416 e. The highest BCUT2D eigenvalue weighted by molar-refractivity contribution is 5.77. The normalized spacial score (nSPS) is 19.3. The number of carboxylic acids is 1. The van der Waals surface area contributed by atoms with Gasteiger partial charge in [-0.3, -0.25) is 0 Å². The highest BCUT2D eigenvalue weighted by Crippen LogP contribution is 2.30. The van der Waals surface area contributed by atoms with E-state index in [0.29, 0.717) is 30.9 Å². The van der Waals surface area contributed by atoms with Crippen LogP contribution in [0.5, 0.6) is 5.75 Å². The van der Waals surface area contributed by atoms with Gasteiger partial charge in [0.05, 0.1) is 24.3 Å². The van der Waals surface area contributed by atoms with E-state index in [9.17, 15) is 27.9 Å². The number of hydrogen-bond acceptors (Lipinski definition) is 4. The summed E-state index contributed by atoms with van der Waals surface area (Å²) in [6.07, 6.45) is -0.403. The molecular weight excluding hydrogens is 501 g/mol. The van der Waals surface area contributed by atoms with Gasteiger partial charge in [0, 0.05) is 33.0 Å². The Morgan fingerprint density at radius 3 is 2.29 bits per heavy atom. The maximum Gasteiger partial charge on any atom is 0.416 e. The minimum atomic E-state index is -4.39. The molecule has 4 rings (SSSR count). The molecule has 2 aliphatic rings. The molecule has 0 spiro atoms. The van der Waals surface area contributed by atoms with E-state index >= 15 is 0 Å². The Labute approximate surface area is 220 Å². The van der Waals surface area contributed by atoms with Crippen LogP contribution < -0.4 is 4.74 Å². The summed E-state index contributed by atoms with van der Waals surface area (Å²) in [6, 6.07) is 11.9. The molecule has 1 saturated heterocycles. The van der Waals surface area contributed by atoms with Crippen LogP contribution in [-0.4, -0.2) is 65.4 Å². The van der Waals surface area contributed by atoms with Crippen LogP contribution in [0.3, 0.4) is 0 Å². The van der Waals surface area contributed by atoms with Crippen LogP contribution in [0.4, 0.5) is 18.0 Å². The Balaban J connectivity index is 1.23. The van der Waals surface area contributed by atoms with E-state index in [2.05, 4.69) is 0 Å². The van der Waals surface area contributed by atoms with Crippen LogP contribution in [0.15, 0.2) is 48.5 Å². The Morgan fingerprint density at radius 2 is 1.68 bits per heavy atom. The molecular formula is C28H33F3N2O5. The predicted octanol–water partition coefficient (Wildman–Crippen LogP) is 5.37. The van der Waals surface area contributed by atoms with Gasteiger partial charge in [0.2, 0.25) is 0 Å². The third-order valence-electron chi connectivity index (χ3n) is 7.20. The molecule has 7 nitrogen and oxygen atoms in total. The molecule has 2 fully saturated rings. The standard InChI is InChI=1S/C28H33F3N2O5/c1-32-22(18-33(27(32)36)17-20-6-10-21(11-7-20)28(29,30)31)14-15-37-23-12-8-19(9-13-23)16-25(26(34)35)38-24-4-2-3-5-24/h6-13,22,24-25H,2-5,14-18H2,1H3,(H,34,35)/t22-,25-/m0/s1. The molecule has 0 aromatic heterocycles. The van der Waals surface area contributed by atoms with E-state index in [0.717, 1.165) is 43.4 Å². The quantitative estimate of drug-likeness (QED) is 0.420. The Kier molecular flexibility index (Phi) is 8.81. The first-order valence-corrected chi connectivity index (χ1v) is 12.9. The summed E-state index contributed by atoms with van der Waals surface area (Å²) in [7, 11) is 1.71. The van der Waals surface area contributed by atoms with Crippen molar-refractivity contribution in [1.29, 1.82) is 0 Å². The molecule has 2 amide bonds. The number of urea groups is 1. The molecule has 1 heterocycles. The summed E-state index contributed by atoms with van der Waals surface area (Å²) in [6.45, 7) is 1.07. The molecule has 0 unspecified atom stereocenters. The van der Waals surface area contributed by atoms with Crippen LogP contribution in [0.1, 0.15) is 48.8 Å². The molecule has 1 saturated carbocycles. The summed E-state index contributed by atoms with van der Waals surface area (Å²) in [5.41, 5.74) is 0.770. The molecule has 206 valence electrons. The van der Waals surface area contributed by atoms with Crippen molar-refractivity contribution >= 4 is 12.0 Å². The van der Waals surface area contributed by atoms with Crippen LogP contribution in [0.2, 0.25) is 0 Å². The summed E-state index contributed by atoms with van der Waals surface area (Å²) < 4.78 is 50.0. The zero-order valence-electron chi connectivity index (χ0n) is 21.3. The van der Waals surface area contributed by atoms with Crippen molar-refractivity contribution in [3.8, 4) is 5.75 Å². The van der Waals surface area contributed by atoms with Gasteiger partial charge in [-0.25, -0.2) is 9.59 Å². The molecule has 1 aliphatic carbocycles. The molecule has 1 N–H and O–H groups in total. The monoisotopic (exact) mass is 534 g/mol. The number of ether oxygens (including phenoxy) is 2. The number of nitrogens with zero attached hydrogens (tertiary/aromatic N) is 2. The predicted molar refractivity (Wildman–Crippen MR) is 134 cm³/mol. The number of likely N-dealkylation sites (N-methyl/N-ethyl adjacent to an activating group) is 1. The SMILES string of the molecule is CN1C(=O)N(Cc2ccc(C(F)(F)F)cc2)C[C@@H]1CCOc1ccc(C[C@H](OC2CCCC2)C(=O)O)cc1. The Morgan fingerprint density at radius 1 is 1.05 bits per heavy atom. The number of carbonyl (C=O) groups is 2. The Bertz CT molecular complexity index is 1090.